The molecule has 10 aromatic rings. The molecule has 294 valence electrons. The number of benzene rings is 9. The SMILES string of the molecule is C1=CC(c2ccc(N(c3ccccc3)c3ccc4c(c3)Sc3cccc5c3c-4cc3sc4cc(N(c6ccccc6)c6ccc(-c7ccccc7)cc6)ccc4c35)cc2)=CCC1. The van der Waals surface area contributed by atoms with Gasteiger partial charge in [0.1, 0.15) is 0 Å². The van der Waals surface area contributed by atoms with Crippen molar-refractivity contribution >= 4 is 93.7 Å². The van der Waals surface area contributed by atoms with Gasteiger partial charge in [0.15, 0.2) is 0 Å². The summed E-state index contributed by atoms with van der Waals surface area (Å²) < 4.78 is 2.59. The van der Waals surface area contributed by atoms with Crippen LogP contribution in [0.15, 0.2) is 228 Å². The highest BCUT2D eigenvalue weighted by molar-refractivity contribution is 7.99. The Bertz CT molecular complexity index is 3350. The van der Waals surface area contributed by atoms with Gasteiger partial charge in [0.2, 0.25) is 0 Å². The van der Waals surface area contributed by atoms with Gasteiger partial charge in [0, 0.05) is 69.5 Å². The van der Waals surface area contributed by atoms with E-state index < -0.39 is 0 Å². The van der Waals surface area contributed by atoms with Crippen molar-refractivity contribution in [3.8, 4) is 22.3 Å². The molecule has 1 aromatic heterocycles. The van der Waals surface area contributed by atoms with Gasteiger partial charge < -0.3 is 9.80 Å². The maximum atomic E-state index is 2.46. The van der Waals surface area contributed by atoms with Crippen LogP contribution in [0.25, 0.3) is 58.8 Å². The Balaban J connectivity index is 0.949. The quantitative estimate of drug-likeness (QED) is 0.151. The zero-order chi connectivity index (χ0) is 41.0. The number of rotatable bonds is 8. The summed E-state index contributed by atoms with van der Waals surface area (Å²) in [7, 11) is 0. The third-order valence-electron chi connectivity index (χ3n) is 12.2. The first-order valence-corrected chi connectivity index (χ1v) is 22.9. The molecule has 0 saturated heterocycles. The number of thiophene rings is 1. The molecule has 0 amide bonds. The van der Waals surface area contributed by atoms with E-state index in [2.05, 4.69) is 228 Å². The van der Waals surface area contributed by atoms with Crippen LogP contribution in [0.4, 0.5) is 34.1 Å². The van der Waals surface area contributed by atoms with Crippen molar-refractivity contribution < 1.29 is 0 Å². The first kappa shape index (κ1) is 36.7. The van der Waals surface area contributed by atoms with Crippen molar-refractivity contribution in [1.82, 2.24) is 0 Å². The molecule has 62 heavy (non-hydrogen) atoms. The van der Waals surface area contributed by atoms with Gasteiger partial charge in [-0.05, 0) is 137 Å². The van der Waals surface area contributed by atoms with Crippen LogP contribution >= 0.6 is 23.1 Å². The zero-order valence-electron chi connectivity index (χ0n) is 33.9. The molecular weight excluding hydrogens is 789 g/mol. The van der Waals surface area contributed by atoms with Crippen LogP contribution in [-0.4, -0.2) is 0 Å². The molecule has 0 fully saturated rings. The molecule has 12 rings (SSSR count). The predicted octanol–water partition coefficient (Wildman–Crippen LogP) is 17.7. The Hall–Kier alpha value is -7.11. The molecule has 4 heteroatoms. The summed E-state index contributed by atoms with van der Waals surface area (Å²) in [5, 5.41) is 5.31. The first-order valence-electron chi connectivity index (χ1n) is 21.3. The lowest BCUT2D eigenvalue weighted by atomic mass is 9.94. The minimum atomic E-state index is 1.10. The molecule has 2 heterocycles. The molecule has 0 unspecified atom stereocenters. The maximum Gasteiger partial charge on any atom is 0.0476 e. The van der Waals surface area contributed by atoms with Crippen molar-refractivity contribution in [2.75, 3.05) is 9.80 Å². The second-order valence-corrected chi connectivity index (χ2v) is 18.1. The van der Waals surface area contributed by atoms with Crippen LogP contribution in [0.2, 0.25) is 0 Å². The van der Waals surface area contributed by atoms with E-state index in [4.69, 9.17) is 0 Å². The molecule has 0 N–H and O–H groups in total. The second-order valence-electron chi connectivity index (χ2n) is 16.0. The van der Waals surface area contributed by atoms with Crippen LogP contribution in [0.5, 0.6) is 0 Å². The fourth-order valence-corrected chi connectivity index (χ4v) is 11.7. The molecule has 2 nitrogen and oxygen atoms in total. The number of allylic oxidation sites excluding steroid dienone is 4. The van der Waals surface area contributed by atoms with Crippen molar-refractivity contribution in [3.05, 3.63) is 224 Å². The number of hydrogen-bond acceptors (Lipinski definition) is 4. The fourth-order valence-electron chi connectivity index (χ4n) is 9.33. The van der Waals surface area contributed by atoms with Gasteiger partial charge in [-0.3, -0.25) is 0 Å². The predicted molar refractivity (Wildman–Crippen MR) is 268 cm³/mol. The van der Waals surface area contributed by atoms with Crippen molar-refractivity contribution in [2.24, 2.45) is 0 Å². The Morgan fingerprint density at radius 1 is 0.371 bits per heavy atom. The first-order chi connectivity index (χ1) is 30.7. The molecule has 1 aliphatic carbocycles. The minimum Gasteiger partial charge on any atom is -0.310 e. The van der Waals surface area contributed by atoms with Crippen LogP contribution in [0.3, 0.4) is 0 Å². The lowest BCUT2D eigenvalue weighted by molar-refractivity contribution is 1.04. The molecule has 0 saturated carbocycles. The summed E-state index contributed by atoms with van der Waals surface area (Å²) in [5.74, 6) is 0. The average molecular weight is 829 g/mol. The van der Waals surface area contributed by atoms with E-state index >= 15 is 0 Å². The number of para-hydroxylation sites is 2. The van der Waals surface area contributed by atoms with Gasteiger partial charge in [-0.1, -0.05) is 145 Å². The summed E-state index contributed by atoms with van der Waals surface area (Å²) in [6.45, 7) is 0. The molecule has 0 spiro atoms. The normalized spacial score (nSPS) is 13.0. The lowest BCUT2D eigenvalue weighted by Crippen LogP contribution is -2.10. The number of anilines is 6. The van der Waals surface area contributed by atoms with E-state index in [1.807, 2.05) is 23.1 Å². The molecule has 0 atom stereocenters. The molecule has 9 aromatic carbocycles. The number of nitrogens with zero attached hydrogens (tertiary/aromatic N) is 2. The van der Waals surface area contributed by atoms with Crippen molar-refractivity contribution in [2.45, 2.75) is 22.6 Å². The van der Waals surface area contributed by atoms with E-state index in [1.54, 1.807) is 0 Å². The minimum absolute atomic E-state index is 1.10. The van der Waals surface area contributed by atoms with Gasteiger partial charge in [0.05, 0.1) is 0 Å². The van der Waals surface area contributed by atoms with E-state index in [-0.39, 0.29) is 0 Å². The summed E-state index contributed by atoms with van der Waals surface area (Å²) >= 11 is 3.79. The van der Waals surface area contributed by atoms with Gasteiger partial charge in [-0.25, -0.2) is 0 Å². The van der Waals surface area contributed by atoms with Gasteiger partial charge >= 0.3 is 0 Å². The number of fused-ring (bicyclic) bond motifs is 6. The van der Waals surface area contributed by atoms with Gasteiger partial charge in [-0.15, -0.1) is 11.3 Å². The van der Waals surface area contributed by atoms with Gasteiger partial charge in [0.25, 0.3) is 0 Å². The number of hydrogen-bond donors (Lipinski definition) is 0. The van der Waals surface area contributed by atoms with Gasteiger partial charge in [-0.2, -0.15) is 0 Å². The molecule has 2 aliphatic rings. The highest BCUT2D eigenvalue weighted by atomic mass is 32.2. The standard InChI is InChI=1S/C58H40N2S2/c1-5-14-39(15-6-1)41-24-28-45(29-25-41)59(43-18-9-3-10-19-43)47-32-34-49-52-38-56-57(51-22-13-23-53(58(51)52)61-54(49)36-47)50-35-33-48(37-55(50)62-56)60(44-20-11-4-12-21-44)46-30-26-42(27-31-46)40-16-7-2-8-17-40/h2-5,7-38H,1,6H2. The summed E-state index contributed by atoms with van der Waals surface area (Å²) in [6, 6.07) is 73.4. The summed E-state index contributed by atoms with van der Waals surface area (Å²) in [4.78, 5) is 7.34. The highest BCUT2D eigenvalue weighted by Crippen LogP contribution is 2.53. The van der Waals surface area contributed by atoms with Crippen LogP contribution in [0.1, 0.15) is 18.4 Å². The fraction of sp³-hybridized carbons (Fsp3) is 0.0345. The van der Waals surface area contributed by atoms with Crippen molar-refractivity contribution in [1.29, 1.82) is 0 Å². The third kappa shape index (κ3) is 6.42. The topological polar surface area (TPSA) is 6.48 Å². The zero-order valence-corrected chi connectivity index (χ0v) is 35.5. The van der Waals surface area contributed by atoms with E-state index in [9.17, 15) is 0 Å². The Labute approximate surface area is 370 Å². The Morgan fingerprint density at radius 2 is 0.968 bits per heavy atom. The van der Waals surface area contributed by atoms with E-state index in [0.29, 0.717) is 0 Å². The van der Waals surface area contributed by atoms with Crippen LogP contribution < -0.4 is 9.80 Å². The second kappa shape index (κ2) is 15.4. The van der Waals surface area contributed by atoms with Crippen LogP contribution in [-0.2, 0) is 0 Å². The maximum absolute atomic E-state index is 2.46. The molecule has 0 radical (unpaired) electrons. The smallest absolute Gasteiger partial charge is 0.0476 e. The van der Waals surface area contributed by atoms with Crippen molar-refractivity contribution in [3.63, 3.8) is 0 Å². The molecule has 1 aliphatic heterocycles. The van der Waals surface area contributed by atoms with Crippen LogP contribution in [0, 0.1) is 0 Å². The summed E-state index contributed by atoms with van der Waals surface area (Å²) in [5.41, 5.74) is 14.4. The largest absolute Gasteiger partial charge is 0.310 e. The van der Waals surface area contributed by atoms with E-state index in [1.165, 1.54) is 74.1 Å². The molecule has 0 bridgehead atoms. The third-order valence-corrected chi connectivity index (χ3v) is 14.5. The Morgan fingerprint density at radius 3 is 1.65 bits per heavy atom. The summed E-state index contributed by atoms with van der Waals surface area (Å²) in [6.07, 6.45) is 9.09. The lowest BCUT2D eigenvalue weighted by Gasteiger charge is -2.28. The monoisotopic (exact) mass is 828 g/mol. The highest BCUT2D eigenvalue weighted by Gasteiger charge is 2.25. The Kier molecular flexibility index (Phi) is 9.13. The average Bonchev–Trinajstić information content (AvgIpc) is 3.71. The molecular formula is C58H40N2S2. The van der Waals surface area contributed by atoms with E-state index in [0.717, 1.165) is 47.0 Å².